The first-order chi connectivity index (χ1) is 7.41. The zero-order chi connectivity index (χ0) is 12.3. The summed E-state index contributed by atoms with van der Waals surface area (Å²) in [5, 5.41) is 0.545. The molecular formula is C11H19ClN4. The van der Waals surface area contributed by atoms with Crippen LogP contribution in [0, 0.1) is 5.92 Å². The van der Waals surface area contributed by atoms with E-state index in [1.807, 2.05) is 0 Å². The van der Waals surface area contributed by atoms with Crippen molar-refractivity contribution in [1.29, 1.82) is 0 Å². The second kappa shape index (κ2) is 5.34. The molecule has 1 heterocycles. The highest BCUT2D eigenvalue weighted by Gasteiger charge is 2.17. The Kier molecular flexibility index (Phi) is 4.35. The van der Waals surface area contributed by atoms with E-state index in [1.54, 1.807) is 6.20 Å². The first-order valence-electron chi connectivity index (χ1n) is 5.46. The molecule has 0 aliphatic rings. The number of nitrogen functional groups attached to an aromatic ring is 1. The second-order valence-corrected chi connectivity index (χ2v) is 4.95. The van der Waals surface area contributed by atoms with Crippen LogP contribution in [0.4, 0.5) is 11.8 Å². The van der Waals surface area contributed by atoms with E-state index in [4.69, 9.17) is 17.3 Å². The maximum Gasteiger partial charge on any atom is 0.222 e. The number of hydrogen-bond acceptors (Lipinski definition) is 4. The average Bonchev–Trinajstić information content (AvgIpc) is 2.18. The number of aromatic nitrogens is 2. The molecule has 16 heavy (non-hydrogen) atoms. The maximum absolute atomic E-state index is 6.10. The van der Waals surface area contributed by atoms with Crippen LogP contribution < -0.4 is 10.6 Å². The van der Waals surface area contributed by atoms with Crippen molar-refractivity contribution in [2.24, 2.45) is 5.92 Å². The Morgan fingerprint density at radius 3 is 2.50 bits per heavy atom. The van der Waals surface area contributed by atoms with Gasteiger partial charge in [0.1, 0.15) is 5.02 Å². The number of halogens is 1. The molecule has 5 heteroatoms. The topological polar surface area (TPSA) is 55.0 Å². The third kappa shape index (κ3) is 3.23. The molecule has 1 aromatic heterocycles. The quantitative estimate of drug-likeness (QED) is 0.882. The minimum absolute atomic E-state index is 0.258. The molecule has 1 rings (SSSR count). The van der Waals surface area contributed by atoms with Crippen LogP contribution in [0.5, 0.6) is 0 Å². The van der Waals surface area contributed by atoms with Gasteiger partial charge in [-0.2, -0.15) is 4.98 Å². The van der Waals surface area contributed by atoms with Gasteiger partial charge in [-0.3, -0.25) is 0 Å². The molecule has 0 spiro atoms. The SMILES string of the molecule is CC(C)CN(c1nc(N)ncc1Cl)C(C)C. The van der Waals surface area contributed by atoms with Gasteiger partial charge in [0.2, 0.25) is 5.95 Å². The van der Waals surface area contributed by atoms with Crippen LogP contribution in [-0.4, -0.2) is 22.6 Å². The predicted octanol–water partition coefficient (Wildman–Crippen LogP) is 2.58. The van der Waals surface area contributed by atoms with Crippen molar-refractivity contribution in [2.75, 3.05) is 17.2 Å². The fourth-order valence-corrected chi connectivity index (χ4v) is 1.71. The molecule has 0 aromatic carbocycles. The lowest BCUT2D eigenvalue weighted by atomic mass is 10.2. The molecule has 0 amide bonds. The van der Waals surface area contributed by atoms with Crippen LogP contribution in [0.1, 0.15) is 27.7 Å². The lowest BCUT2D eigenvalue weighted by Crippen LogP contribution is -2.35. The Hall–Kier alpha value is -1.03. The van der Waals surface area contributed by atoms with Crippen molar-refractivity contribution in [3.63, 3.8) is 0 Å². The Morgan fingerprint density at radius 2 is 2.00 bits per heavy atom. The molecule has 0 radical (unpaired) electrons. The molecule has 0 saturated carbocycles. The normalized spacial score (nSPS) is 11.2. The smallest absolute Gasteiger partial charge is 0.222 e. The molecule has 0 aliphatic heterocycles. The molecule has 0 saturated heterocycles. The number of nitrogens with two attached hydrogens (primary N) is 1. The van der Waals surface area contributed by atoms with E-state index >= 15 is 0 Å². The van der Waals surface area contributed by atoms with Crippen molar-refractivity contribution in [1.82, 2.24) is 9.97 Å². The molecule has 0 fully saturated rings. The zero-order valence-electron chi connectivity index (χ0n) is 10.2. The van der Waals surface area contributed by atoms with Gasteiger partial charge in [0.25, 0.3) is 0 Å². The second-order valence-electron chi connectivity index (χ2n) is 4.54. The van der Waals surface area contributed by atoms with Gasteiger partial charge in [0.15, 0.2) is 5.82 Å². The van der Waals surface area contributed by atoms with Crippen molar-refractivity contribution in [3.05, 3.63) is 11.2 Å². The highest BCUT2D eigenvalue weighted by atomic mass is 35.5. The summed E-state index contributed by atoms with van der Waals surface area (Å²) in [5.41, 5.74) is 5.59. The summed E-state index contributed by atoms with van der Waals surface area (Å²) >= 11 is 6.10. The van der Waals surface area contributed by atoms with Crippen LogP contribution in [-0.2, 0) is 0 Å². The standard InChI is InChI=1S/C11H19ClN4/c1-7(2)6-16(8(3)4)10-9(12)5-14-11(13)15-10/h5,7-8H,6H2,1-4H3,(H2,13,14,15). The molecule has 2 N–H and O–H groups in total. The van der Waals surface area contributed by atoms with Gasteiger partial charge in [-0.25, -0.2) is 4.98 Å². The molecular weight excluding hydrogens is 224 g/mol. The molecule has 90 valence electrons. The minimum atomic E-state index is 0.258. The third-order valence-corrected chi connectivity index (χ3v) is 2.47. The monoisotopic (exact) mass is 242 g/mol. The Balaban J connectivity index is 3.05. The zero-order valence-corrected chi connectivity index (χ0v) is 11.0. The van der Waals surface area contributed by atoms with E-state index in [0.29, 0.717) is 17.0 Å². The van der Waals surface area contributed by atoms with Gasteiger partial charge in [0.05, 0.1) is 6.20 Å². The van der Waals surface area contributed by atoms with Gasteiger partial charge in [0, 0.05) is 12.6 Å². The van der Waals surface area contributed by atoms with Crippen molar-refractivity contribution < 1.29 is 0 Å². The summed E-state index contributed by atoms with van der Waals surface area (Å²) in [6.45, 7) is 9.43. The average molecular weight is 243 g/mol. The molecule has 0 atom stereocenters. The van der Waals surface area contributed by atoms with Gasteiger partial charge >= 0.3 is 0 Å². The van der Waals surface area contributed by atoms with E-state index in [1.165, 1.54) is 0 Å². The highest BCUT2D eigenvalue weighted by molar-refractivity contribution is 6.32. The summed E-state index contributed by atoms with van der Waals surface area (Å²) in [5.74, 6) is 1.52. The van der Waals surface area contributed by atoms with Crippen LogP contribution in [0.25, 0.3) is 0 Å². The Bertz CT molecular complexity index is 352. The van der Waals surface area contributed by atoms with E-state index < -0.39 is 0 Å². The fourth-order valence-electron chi connectivity index (χ4n) is 1.51. The van der Waals surface area contributed by atoms with Crippen LogP contribution in [0.15, 0.2) is 6.20 Å². The first kappa shape index (κ1) is 13.0. The lowest BCUT2D eigenvalue weighted by molar-refractivity contribution is 0.566. The summed E-state index contributed by atoms with van der Waals surface area (Å²) in [6, 6.07) is 0.328. The molecule has 4 nitrogen and oxygen atoms in total. The number of anilines is 2. The summed E-state index contributed by atoms with van der Waals surface area (Å²) in [4.78, 5) is 10.2. The summed E-state index contributed by atoms with van der Waals surface area (Å²) < 4.78 is 0. The maximum atomic E-state index is 6.10. The summed E-state index contributed by atoms with van der Waals surface area (Å²) in [6.07, 6.45) is 1.55. The third-order valence-electron chi connectivity index (χ3n) is 2.20. The largest absolute Gasteiger partial charge is 0.368 e. The van der Waals surface area contributed by atoms with E-state index in [-0.39, 0.29) is 5.95 Å². The number of nitrogens with zero attached hydrogens (tertiary/aromatic N) is 3. The summed E-state index contributed by atoms with van der Waals surface area (Å²) in [7, 11) is 0. The minimum Gasteiger partial charge on any atom is -0.368 e. The van der Waals surface area contributed by atoms with Crippen molar-refractivity contribution >= 4 is 23.4 Å². The highest BCUT2D eigenvalue weighted by Crippen LogP contribution is 2.25. The molecule has 0 bridgehead atoms. The van der Waals surface area contributed by atoms with Gasteiger partial charge < -0.3 is 10.6 Å². The molecule has 0 aliphatic carbocycles. The molecule has 1 aromatic rings. The first-order valence-corrected chi connectivity index (χ1v) is 5.84. The molecule has 0 unspecified atom stereocenters. The Morgan fingerprint density at radius 1 is 1.38 bits per heavy atom. The van der Waals surface area contributed by atoms with E-state index in [0.717, 1.165) is 12.4 Å². The van der Waals surface area contributed by atoms with Crippen molar-refractivity contribution in [2.45, 2.75) is 33.7 Å². The van der Waals surface area contributed by atoms with E-state index in [9.17, 15) is 0 Å². The van der Waals surface area contributed by atoms with Gasteiger partial charge in [-0.15, -0.1) is 0 Å². The lowest BCUT2D eigenvalue weighted by Gasteiger charge is -2.30. The van der Waals surface area contributed by atoms with E-state index in [2.05, 4.69) is 42.6 Å². The van der Waals surface area contributed by atoms with Gasteiger partial charge in [-0.05, 0) is 19.8 Å². The predicted molar refractivity (Wildman–Crippen MR) is 68.8 cm³/mol. The van der Waals surface area contributed by atoms with Crippen LogP contribution >= 0.6 is 11.6 Å². The van der Waals surface area contributed by atoms with Crippen molar-refractivity contribution in [3.8, 4) is 0 Å². The van der Waals surface area contributed by atoms with Crippen LogP contribution in [0.3, 0.4) is 0 Å². The Labute approximate surface area is 102 Å². The fraction of sp³-hybridized carbons (Fsp3) is 0.636. The number of rotatable bonds is 4. The van der Waals surface area contributed by atoms with Crippen LogP contribution in [0.2, 0.25) is 5.02 Å². The number of hydrogen-bond donors (Lipinski definition) is 1. The van der Waals surface area contributed by atoms with Gasteiger partial charge in [-0.1, -0.05) is 25.4 Å².